The first-order chi connectivity index (χ1) is 12.0. The van der Waals surface area contributed by atoms with Crippen molar-refractivity contribution in [2.75, 3.05) is 19.8 Å². The van der Waals surface area contributed by atoms with Gasteiger partial charge in [-0.15, -0.1) is 0 Å². The highest BCUT2D eigenvalue weighted by atomic mass is 32.2. The maximum absolute atomic E-state index is 12.4. The van der Waals surface area contributed by atoms with Crippen LogP contribution >= 0.6 is 0 Å². The van der Waals surface area contributed by atoms with Crippen molar-refractivity contribution >= 4 is 10.0 Å². The van der Waals surface area contributed by atoms with E-state index in [1.54, 1.807) is 12.1 Å². The molecule has 1 atom stereocenters. The summed E-state index contributed by atoms with van der Waals surface area (Å²) in [6.07, 6.45) is 0.480. The van der Waals surface area contributed by atoms with Gasteiger partial charge in [0.15, 0.2) is 11.5 Å². The molecular formula is C16H18N2O6S. The van der Waals surface area contributed by atoms with Gasteiger partial charge in [0, 0.05) is 24.9 Å². The highest BCUT2D eigenvalue weighted by molar-refractivity contribution is 7.89. The molecule has 1 unspecified atom stereocenters. The topological polar surface area (TPSA) is 107 Å². The molecule has 1 aliphatic rings. The Balaban J connectivity index is 1.65. The second kappa shape index (κ2) is 7.26. The molecule has 0 saturated carbocycles. The van der Waals surface area contributed by atoms with Crippen LogP contribution in [0.1, 0.15) is 0 Å². The number of nitrogens with zero attached hydrogens (tertiary/aromatic N) is 1. The van der Waals surface area contributed by atoms with E-state index >= 15 is 0 Å². The van der Waals surface area contributed by atoms with Gasteiger partial charge in [-0.25, -0.2) is 13.1 Å². The fourth-order valence-electron chi connectivity index (χ4n) is 2.38. The smallest absolute Gasteiger partial charge is 0.250 e. The summed E-state index contributed by atoms with van der Waals surface area (Å²) in [6, 6.07) is 8.94. The van der Waals surface area contributed by atoms with Crippen molar-refractivity contribution in [1.29, 1.82) is 0 Å². The number of ether oxygens (including phenoxy) is 2. The molecule has 0 spiro atoms. The van der Waals surface area contributed by atoms with Crippen molar-refractivity contribution in [3.63, 3.8) is 0 Å². The van der Waals surface area contributed by atoms with Gasteiger partial charge in [-0.05, 0) is 18.2 Å². The number of rotatable bonds is 6. The van der Waals surface area contributed by atoms with E-state index < -0.39 is 16.1 Å². The number of aromatic nitrogens is 1. The zero-order valence-corrected chi connectivity index (χ0v) is 14.1. The summed E-state index contributed by atoms with van der Waals surface area (Å²) in [4.78, 5) is 11.6. The Morgan fingerprint density at radius 3 is 2.68 bits per heavy atom. The Morgan fingerprint density at radius 1 is 1.16 bits per heavy atom. The van der Waals surface area contributed by atoms with Crippen LogP contribution < -0.4 is 19.8 Å². The zero-order valence-electron chi connectivity index (χ0n) is 13.3. The number of benzene rings is 1. The second-order valence-corrected chi connectivity index (χ2v) is 7.27. The summed E-state index contributed by atoms with van der Waals surface area (Å²) < 4.78 is 39.1. The molecular weight excluding hydrogens is 348 g/mol. The molecule has 3 rings (SSSR count). The van der Waals surface area contributed by atoms with Crippen LogP contribution in [-0.4, -0.2) is 44.0 Å². The van der Waals surface area contributed by atoms with Crippen molar-refractivity contribution in [2.45, 2.75) is 17.5 Å². The maximum Gasteiger partial charge on any atom is 0.250 e. The first-order valence-corrected chi connectivity index (χ1v) is 9.17. The van der Waals surface area contributed by atoms with Crippen LogP contribution in [0, 0.1) is 0 Å². The summed E-state index contributed by atoms with van der Waals surface area (Å²) >= 11 is 0. The molecule has 2 N–H and O–H groups in total. The third-order valence-corrected chi connectivity index (χ3v) is 5.06. The molecule has 0 radical (unpaired) electrons. The highest BCUT2D eigenvalue weighted by Crippen LogP contribution is 2.32. The predicted octanol–water partition coefficient (Wildman–Crippen LogP) is -0.0411. The fraction of sp³-hybridized carbons (Fsp3) is 0.312. The minimum atomic E-state index is -3.82. The number of aliphatic hydroxyl groups excluding tert-OH is 1. The van der Waals surface area contributed by atoms with E-state index in [4.69, 9.17) is 9.47 Å². The van der Waals surface area contributed by atoms with Crippen LogP contribution in [0.15, 0.2) is 52.3 Å². The molecule has 0 aliphatic carbocycles. The Morgan fingerprint density at radius 2 is 1.92 bits per heavy atom. The molecule has 0 saturated heterocycles. The first-order valence-electron chi connectivity index (χ1n) is 7.68. The van der Waals surface area contributed by atoms with Crippen LogP contribution in [0.2, 0.25) is 0 Å². The normalized spacial score (nSPS) is 14.9. The number of hydrogen-bond acceptors (Lipinski definition) is 6. The summed E-state index contributed by atoms with van der Waals surface area (Å²) in [5.74, 6) is 0.860. The molecule has 1 aliphatic heterocycles. The Labute approximate surface area is 144 Å². The van der Waals surface area contributed by atoms with E-state index in [0.29, 0.717) is 24.7 Å². The molecule has 1 aromatic carbocycles. The maximum atomic E-state index is 12.4. The van der Waals surface area contributed by atoms with E-state index in [1.807, 2.05) is 0 Å². The molecule has 1 aromatic heterocycles. The van der Waals surface area contributed by atoms with Crippen molar-refractivity contribution in [1.82, 2.24) is 9.29 Å². The number of nitrogens with one attached hydrogen (secondary N) is 1. The van der Waals surface area contributed by atoms with E-state index in [0.717, 1.165) is 0 Å². The van der Waals surface area contributed by atoms with E-state index in [9.17, 15) is 18.3 Å². The SMILES string of the molecule is O=c1ccccn1CC(O)CNS(=O)(=O)c1ccc2c(c1)OCCO2. The molecule has 134 valence electrons. The lowest BCUT2D eigenvalue weighted by atomic mass is 10.3. The van der Waals surface area contributed by atoms with Crippen LogP contribution in [0.4, 0.5) is 0 Å². The van der Waals surface area contributed by atoms with Gasteiger partial charge in [-0.3, -0.25) is 4.79 Å². The minimum absolute atomic E-state index is 0.0106. The van der Waals surface area contributed by atoms with E-state index in [1.165, 1.54) is 35.0 Å². The quantitative estimate of drug-likeness (QED) is 0.743. The van der Waals surface area contributed by atoms with Crippen molar-refractivity contribution in [3.05, 3.63) is 52.9 Å². The van der Waals surface area contributed by atoms with Gasteiger partial charge in [-0.2, -0.15) is 0 Å². The van der Waals surface area contributed by atoms with Gasteiger partial charge in [0.25, 0.3) is 5.56 Å². The lowest BCUT2D eigenvalue weighted by Crippen LogP contribution is -2.36. The van der Waals surface area contributed by atoms with Gasteiger partial charge >= 0.3 is 0 Å². The Hall–Kier alpha value is -2.36. The molecule has 9 heteroatoms. The van der Waals surface area contributed by atoms with Gasteiger partial charge in [-0.1, -0.05) is 6.07 Å². The molecule has 0 amide bonds. The number of pyridine rings is 1. The van der Waals surface area contributed by atoms with Gasteiger partial charge in [0.05, 0.1) is 17.5 Å². The number of hydrogen-bond donors (Lipinski definition) is 2. The van der Waals surface area contributed by atoms with E-state index in [2.05, 4.69) is 4.72 Å². The fourth-order valence-corrected chi connectivity index (χ4v) is 3.47. The summed E-state index contributed by atoms with van der Waals surface area (Å²) in [5, 5.41) is 10.00. The zero-order chi connectivity index (χ0) is 17.9. The molecule has 2 heterocycles. The lowest BCUT2D eigenvalue weighted by molar-refractivity contribution is 0.156. The average molecular weight is 366 g/mol. The number of aliphatic hydroxyl groups is 1. The van der Waals surface area contributed by atoms with Crippen LogP contribution in [0.5, 0.6) is 11.5 Å². The molecule has 2 aromatic rings. The average Bonchev–Trinajstić information content (AvgIpc) is 2.62. The lowest BCUT2D eigenvalue weighted by Gasteiger charge is -2.19. The Kier molecular flexibility index (Phi) is 5.07. The summed E-state index contributed by atoms with van der Waals surface area (Å²) in [7, 11) is -3.82. The van der Waals surface area contributed by atoms with Crippen molar-refractivity contribution in [3.8, 4) is 11.5 Å². The summed E-state index contributed by atoms with van der Waals surface area (Å²) in [5.41, 5.74) is -0.267. The third-order valence-electron chi connectivity index (χ3n) is 3.64. The largest absolute Gasteiger partial charge is 0.486 e. The highest BCUT2D eigenvalue weighted by Gasteiger charge is 2.20. The van der Waals surface area contributed by atoms with Crippen LogP contribution in [0.3, 0.4) is 0 Å². The second-order valence-electron chi connectivity index (χ2n) is 5.50. The van der Waals surface area contributed by atoms with Crippen molar-refractivity contribution in [2.24, 2.45) is 0 Å². The van der Waals surface area contributed by atoms with Crippen LogP contribution in [-0.2, 0) is 16.6 Å². The van der Waals surface area contributed by atoms with Gasteiger partial charge in [0.2, 0.25) is 10.0 Å². The third kappa shape index (κ3) is 4.19. The standard InChI is InChI=1S/C16H18N2O6S/c19-12(11-18-6-2-1-3-16(18)20)10-17-25(21,22)13-4-5-14-15(9-13)24-8-7-23-14/h1-6,9,12,17,19H,7-8,10-11H2. The molecule has 8 nitrogen and oxygen atoms in total. The molecule has 0 bridgehead atoms. The first kappa shape index (κ1) is 17.5. The molecule has 25 heavy (non-hydrogen) atoms. The number of fused-ring (bicyclic) bond motifs is 1. The predicted molar refractivity (Wildman–Crippen MR) is 89.3 cm³/mol. The Bertz CT molecular complexity index is 909. The monoisotopic (exact) mass is 366 g/mol. The van der Waals surface area contributed by atoms with Crippen molar-refractivity contribution < 1.29 is 23.0 Å². The van der Waals surface area contributed by atoms with E-state index in [-0.39, 0.29) is 23.5 Å². The molecule has 0 fully saturated rings. The van der Waals surface area contributed by atoms with Gasteiger partial charge in [0.1, 0.15) is 13.2 Å². The van der Waals surface area contributed by atoms with Crippen LogP contribution in [0.25, 0.3) is 0 Å². The van der Waals surface area contributed by atoms with Gasteiger partial charge < -0.3 is 19.1 Å². The number of sulfonamides is 1. The summed E-state index contributed by atoms with van der Waals surface area (Å²) in [6.45, 7) is 0.540. The minimum Gasteiger partial charge on any atom is -0.486 e.